The molecule has 0 bridgehead atoms. The van der Waals surface area contributed by atoms with Gasteiger partial charge in [0.2, 0.25) is 11.1 Å². The highest BCUT2D eigenvalue weighted by Gasteiger charge is 2.34. The number of carbonyl (C=O) groups is 1. The number of unbranched alkanes of at least 4 members (excludes halogenated alkanes) is 1. The van der Waals surface area contributed by atoms with Crippen LogP contribution in [0.2, 0.25) is 0 Å². The first-order valence-corrected chi connectivity index (χ1v) is 11.7. The summed E-state index contributed by atoms with van der Waals surface area (Å²) in [4.78, 5) is 18.2. The van der Waals surface area contributed by atoms with E-state index in [2.05, 4.69) is 22.5 Å². The molecular formula is C24H27N5O2S. The maximum Gasteiger partial charge on any atom is 0.255 e. The van der Waals surface area contributed by atoms with Gasteiger partial charge in [-0.2, -0.15) is 4.98 Å². The number of rotatable bonds is 8. The maximum atomic E-state index is 13.5. The van der Waals surface area contributed by atoms with Crippen LogP contribution in [0.1, 0.15) is 38.3 Å². The van der Waals surface area contributed by atoms with Crippen molar-refractivity contribution >= 4 is 29.3 Å². The Kier molecular flexibility index (Phi) is 6.80. The van der Waals surface area contributed by atoms with Gasteiger partial charge in [-0.25, -0.2) is 4.68 Å². The number of para-hydroxylation sites is 2. The number of nitrogens with one attached hydrogen (secondary N) is 2. The van der Waals surface area contributed by atoms with Gasteiger partial charge in [0, 0.05) is 11.4 Å². The number of thioether (sulfide) groups is 1. The quantitative estimate of drug-likeness (QED) is 0.368. The molecular weight excluding hydrogens is 422 g/mol. The van der Waals surface area contributed by atoms with Crippen LogP contribution in [0.25, 0.3) is 0 Å². The van der Waals surface area contributed by atoms with Crippen molar-refractivity contribution in [3.8, 4) is 5.75 Å². The molecule has 0 spiro atoms. The zero-order chi connectivity index (χ0) is 22.5. The van der Waals surface area contributed by atoms with Gasteiger partial charge in [0.1, 0.15) is 11.8 Å². The summed E-state index contributed by atoms with van der Waals surface area (Å²) in [6, 6.07) is 16.9. The summed E-state index contributed by atoms with van der Waals surface area (Å²) in [5, 5.41) is 11.8. The molecule has 1 unspecified atom stereocenters. The number of ether oxygens (including phenoxy) is 1. The van der Waals surface area contributed by atoms with Crippen LogP contribution in [-0.2, 0) is 4.79 Å². The summed E-state index contributed by atoms with van der Waals surface area (Å²) < 4.78 is 7.21. The third-order valence-electron chi connectivity index (χ3n) is 5.28. The first-order valence-electron chi connectivity index (χ1n) is 10.7. The van der Waals surface area contributed by atoms with Crippen molar-refractivity contribution in [2.75, 3.05) is 23.5 Å². The smallest absolute Gasteiger partial charge is 0.255 e. The molecule has 2 aromatic carbocycles. The van der Waals surface area contributed by atoms with Crippen LogP contribution in [0.15, 0.2) is 71.0 Å². The van der Waals surface area contributed by atoms with Crippen LogP contribution in [0.5, 0.6) is 5.75 Å². The summed E-state index contributed by atoms with van der Waals surface area (Å²) in [7, 11) is 1.59. The average Bonchev–Trinajstić information content (AvgIpc) is 3.21. The molecule has 2 heterocycles. The van der Waals surface area contributed by atoms with E-state index in [1.54, 1.807) is 18.9 Å². The maximum absolute atomic E-state index is 13.5. The summed E-state index contributed by atoms with van der Waals surface area (Å²) >= 11 is 1.64. The van der Waals surface area contributed by atoms with Crippen LogP contribution in [0.3, 0.4) is 0 Å². The van der Waals surface area contributed by atoms with E-state index in [1.165, 1.54) is 0 Å². The molecule has 1 amide bonds. The number of hydrogen-bond acceptors (Lipinski definition) is 6. The number of benzene rings is 2. The van der Waals surface area contributed by atoms with Crippen molar-refractivity contribution in [1.29, 1.82) is 0 Å². The molecule has 8 heteroatoms. The molecule has 1 atom stereocenters. The van der Waals surface area contributed by atoms with Gasteiger partial charge in [-0.3, -0.25) is 4.79 Å². The SMILES string of the molecule is CCCCSc1nc2n(n1)C(c1ccccc1)C(C(=O)Nc1ccccc1OC)=C(C)N2. The second-order valence-electron chi connectivity index (χ2n) is 7.50. The van der Waals surface area contributed by atoms with E-state index in [0.29, 0.717) is 28.1 Å². The molecule has 0 aliphatic carbocycles. The van der Waals surface area contributed by atoms with E-state index >= 15 is 0 Å². The molecule has 0 radical (unpaired) electrons. The molecule has 1 aromatic heterocycles. The molecule has 32 heavy (non-hydrogen) atoms. The Morgan fingerprint density at radius 3 is 2.69 bits per heavy atom. The molecule has 1 aliphatic heterocycles. The fraction of sp³-hybridized carbons (Fsp3) is 0.292. The first-order chi connectivity index (χ1) is 15.6. The standard InChI is InChI=1S/C24H27N5O2S/c1-4-5-15-32-24-27-23-25-16(2)20(21(29(23)28-24)17-11-7-6-8-12-17)22(30)26-18-13-9-10-14-19(18)31-3/h6-14,21H,4-5,15H2,1-3H3,(H,26,30)(H,25,27,28). The van der Waals surface area contributed by atoms with Gasteiger partial charge in [0.05, 0.1) is 18.4 Å². The Balaban J connectivity index is 1.71. The Morgan fingerprint density at radius 2 is 1.94 bits per heavy atom. The van der Waals surface area contributed by atoms with Crippen molar-refractivity contribution in [3.05, 3.63) is 71.4 Å². The van der Waals surface area contributed by atoms with Gasteiger partial charge < -0.3 is 15.4 Å². The van der Waals surface area contributed by atoms with Gasteiger partial charge in [-0.1, -0.05) is 67.6 Å². The second kappa shape index (κ2) is 9.91. The minimum Gasteiger partial charge on any atom is -0.495 e. The lowest BCUT2D eigenvalue weighted by atomic mass is 9.95. The van der Waals surface area contributed by atoms with E-state index in [4.69, 9.17) is 9.84 Å². The Morgan fingerprint density at radius 1 is 1.19 bits per heavy atom. The first kappa shape index (κ1) is 22.0. The number of hydrogen-bond donors (Lipinski definition) is 2. The molecule has 0 saturated heterocycles. The third-order valence-corrected chi connectivity index (χ3v) is 6.20. The number of methoxy groups -OCH3 is 1. The molecule has 4 rings (SSSR count). The molecule has 2 N–H and O–H groups in total. The largest absolute Gasteiger partial charge is 0.495 e. The summed E-state index contributed by atoms with van der Waals surface area (Å²) in [6.07, 6.45) is 2.23. The molecule has 1 aliphatic rings. The minimum atomic E-state index is -0.393. The number of aromatic nitrogens is 3. The van der Waals surface area contributed by atoms with Gasteiger partial charge in [-0.05, 0) is 31.0 Å². The van der Waals surface area contributed by atoms with Crippen molar-refractivity contribution < 1.29 is 9.53 Å². The highest BCUT2D eigenvalue weighted by atomic mass is 32.2. The van der Waals surface area contributed by atoms with Crippen LogP contribution in [0, 0.1) is 0 Å². The molecule has 166 valence electrons. The Labute approximate surface area is 192 Å². The number of anilines is 2. The van der Waals surface area contributed by atoms with Crippen LogP contribution in [0.4, 0.5) is 11.6 Å². The summed E-state index contributed by atoms with van der Waals surface area (Å²) in [5.74, 6) is 2.00. The van der Waals surface area contributed by atoms with E-state index in [9.17, 15) is 4.79 Å². The van der Waals surface area contributed by atoms with Gasteiger partial charge in [-0.15, -0.1) is 5.10 Å². The highest BCUT2D eigenvalue weighted by molar-refractivity contribution is 7.99. The minimum absolute atomic E-state index is 0.213. The summed E-state index contributed by atoms with van der Waals surface area (Å²) in [5.41, 5.74) is 2.92. The predicted octanol–water partition coefficient (Wildman–Crippen LogP) is 5.11. The third kappa shape index (κ3) is 4.50. The molecule has 7 nitrogen and oxygen atoms in total. The van der Waals surface area contributed by atoms with Crippen molar-refractivity contribution in [1.82, 2.24) is 14.8 Å². The number of fused-ring (bicyclic) bond motifs is 1. The van der Waals surface area contributed by atoms with Crippen molar-refractivity contribution in [2.24, 2.45) is 0 Å². The van der Waals surface area contributed by atoms with Crippen LogP contribution < -0.4 is 15.4 Å². The fourth-order valence-corrected chi connectivity index (χ4v) is 4.59. The molecule has 0 fully saturated rings. The number of allylic oxidation sites excluding steroid dienone is 1. The van der Waals surface area contributed by atoms with Gasteiger partial charge in [0.15, 0.2) is 0 Å². The Bertz CT molecular complexity index is 1130. The van der Waals surface area contributed by atoms with Crippen LogP contribution >= 0.6 is 11.8 Å². The lowest BCUT2D eigenvalue weighted by Crippen LogP contribution is -2.31. The van der Waals surface area contributed by atoms with E-state index in [1.807, 2.05) is 66.2 Å². The highest BCUT2D eigenvalue weighted by Crippen LogP contribution is 2.37. The Hall–Kier alpha value is -3.26. The molecule has 0 saturated carbocycles. The van der Waals surface area contributed by atoms with E-state index in [-0.39, 0.29) is 5.91 Å². The lowest BCUT2D eigenvalue weighted by Gasteiger charge is -2.28. The zero-order valence-corrected chi connectivity index (χ0v) is 19.3. The average molecular weight is 450 g/mol. The monoisotopic (exact) mass is 449 g/mol. The van der Waals surface area contributed by atoms with E-state index in [0.717, 1.165) is 29.9 Å². The lowest BCUT2D eigenvalue weighted by molar-refractivity contribution is -0.113. The normalized spacial score (nSPS) is 15.2. The van der Waals surface area contributed by atoms with Gasteiger partial charge in [0.25, 0.3) is 5.91 Å². The zero-order valence-electron chi connectivity index (χ0n) is 18.5. The number of amides is 1. The van der Waals surface area contributed by atoms with Crippen LogP contribution in [-0.4, -0.2) is 33.5 Å². The van der Waals surface area contributed by atoms with Crippen molar-refractivity contribution in [3.63, 3.8) is 0 Å². The summed E-state index contributed by atoms with van der Waals surface area (Å²) in [6.45, 7) is 4.06. The van der Waals surface area contributed by atoms with Gasteiger partial charge >= 0.3 is 0 Å². The topological polar surface area (TPSA) is 81.1 Å². The van der Waals surface area contributed by atoms with Crippen molar-refractivity contribution in [2.45, 2.75) is 37.9 Å². The number of nitrogens with zero attached hydrogens (tertiary/aromatic N) is 3. The molecule has 3 aromatic rings. The second-order valence-corrected chi connectivity index (χ2v) is 8.56. The number of carbonyl (C=O) groups excluding carboxylic acids is 1. The van der Waals surface area contributed by atoms with E-state index < -0.39 is 6.04 Å². The predicted molar refractivity (Wildman–Crippen MR) is 128 cm³/mol. The fourth-order valence-electron chi connectivity index (χ4n) is 3.68.